The van der Waals surface area contributed by atoms with Crippen LogP contribution in [0.25, 0.3) is 5.69 Å². The lowest BCUT2D eigenvalue weighted by Gasteiger charge is -2.23. The van der Waals surface area contributed by atoms with Crippen LogP contribution in [0.15, 0.2) is 24.3 Å². The number of aryl methyl sites for hydroxylation is 3. The monoisotopic (exact) mass is 314 g/mol. The quantitative estimate of drug-likeness (QED) is 0.942. The molecule has 1 atom stereocenters. The van der Waals surface area contributed by atoms with Gasteiger partial charge in [0.1, 0.15) is 0 Å². The Morgan fingerprint density at radius 3 is 2.22 bits per heavy atom. The lowest BCUT2D eigenvalue weighted by Crippen LogP contribution is -2.37. The van der Waals surface area contributed by atoms with Crippen LogP contribution in [-0.4, -0.2) is 40.2 Å². The Morgan fingerprint density at radius 1 is 1.13 bits per heavy atom. The number of carbonyl (C=O) groups excluding carboxylic acids is 1. The molecule has 0 aliphatic rings. The molecule has 0 aliphatic heterocycles. The summed E-state index contributed by atoms with van der Waals surface area (Å²) < 4.78 is 2.12. The van der Waals surface area contributed by atoms with Crippen LogP contribution in [0.2, 0.25) is 0 Å². The molecule has 1 unspecified atom stereocenters. The van der Waals surface area contributed by atoms with Crippen LogP contribution < -0.4 is 0 Å². The molecule has 124 valence electrons. The van der Waals surface area contributed by atoms with Crippen molar-refractivity contribution in [2.75, 3.05) is 13.7 Å². The maximum atomic E-state index is 12.7. The molecule has 2 aromatic rings. The summed E-state index contributed by atoms with van der Waals surface area (Å²) in [5, 5.41) is 9.27. The van der Waals surface area contributed by atoms with Crippen LogP contribution in [0.4, 0.5) is 0 Å². The maximum absolute atomic E-state index is 12.7. The van der Waals surface area contributed by atoms with Crippen molar-refractivity contribution in [1.82, 2.24) is 9.47 Å². The lowest BCUT2D eigenvalue weighted by molar-refractivity contribution is 0.0681. The van der Waals surface area contributed by atoms with Gasteiger partial charge in [0.2, 0.25) is 0 Å². The summed E-state index contributed by atoms with van der Waals surface area (Å²) >= 11 is 0. The number of rotatable bonds is 4. The number of aliphatic hydroxyl groups excluding tert-OH is 1. The van der Waals surface area contributed by atoms with Gasteiger partial charge in [-0.05, 0) is 63.9 Å². The highest BCUT2D eigenvalue weighted by Gasteiger charge is 2.22. The third-order valence-electron chi connectivity index (χ3n) is 4.37. The van der Waals surface area contributed by atoms with Gasteiger partial charge < -0.3 is 14.6 Å². The molecule has 0 saturated carbocycles. The van der Waals surface area contributed by atoms with Gasteiger partial charge >= 0.3 is 0 Å². The zero-order chi connectivity index (χ0) is 17.3. The predicted molar refractivity (Wildman–Crippen MR) is 93.4 cm³/mol. The molecular formula is C19H26N2O2. The second-order valence-electron chi connectivity index (χ2n) is 6.41. The first-order valence-corrected chi connectivity index (χ1v) is 7.92. The summed E-state index contributed by atoms with van der Waals surface area (Å²) in [6.07, 6.45) is 0. The molecule has 0 aliphatic carbocycles. The molecule has 0 fully saturated rings. The number of nitrogens with zero attached hydrogens (tertiary/aromatic N) is 2. The van der Waals surface area contributed by atoms with Gasteiger partial charge in [-0.25, -0.2) is 0 Å². The zero-order valence-electron chi connectivity index (χ0n) is 14.8. The molecule has 1 heterocycles. The third-order valence-corrected chi connectivity index (χ3v) is 4.37. The molecule has 1 N–H and O–H groups in total. The first-order valence-electron chi connectivity index (χ1n) is 7.92. The summed E-state index contributed by atoms with van der Waals surface area (Å²) in [6.45, 7) is 9.92. The van der Waals surface area contributed by atoms with E-state index in [1.165, 1.54) is 11.1 Å². The number of hydrogen-bond acceptors (Lipinski definition) is 2. The highest BCUT2D eigenvalue weighted by Crippen LogP contribution is 2.24. The van der Waals surface area contributed by atoms with Gasteiger partial charge in [-0.2, -0.15) is 0 Å². The van der Waals surface area contributed by atoms with E-state index >= 15 is 0 Å². The molecular weight excluding hydrogens is 288 g/mol. The molecule has 0 spiro atoms. The highest BCUT2D eigenvalue weighted by molar-refractivity contribution is 5.96. The summed E-state index contributed by atoms with van der Waals surface area (Å²) in [4.78, 5) is 14.3. The van der Waals surface area contributed by atoms with Gasteiger partial charge in [0.05, 0.1) is 18.2 Å². The van der Waals surface area contributed by atoms with Crippen LogP contribution in [0.1, 0.15) is 39.8 Å². The summed E-state index contributed by atoms with van der Waals surface area (Å²) in [7, 11) is 1.73. The number of hydrogen-bond donors (Lipinski definition) is 1. The van der Waals surface area contributed by atoms with E-state index in [1.807, 2.05) is 26.8 Å². The second kappa shape index (κ2) is 6.59. The van der Waals surface area contributed by atoms with Gasteiger partial charge in [0.25, 0.3) is 5.91 Å². The molecule has 0 bridgehead atoms. The minimum atomic E-state index is -0.202. The molecule has 2 rings (SSSR count). The van der Waals surface area contributed by atoms with Gasteiger partial charge in [0.15, 0.2) is 0 Å². The Kier molecular flexibility index (Phi) is 4.95. The number of amides is 1. The van der Waals surface area contributed by atoms with Crippen LogP contribution in [-0.2, 0) is 0 Å². The number of benzene rings is 1. The predicted octanol–water partition coefficient (Wildman–Crippen LogP) is 3.16. The molecule has 0 saturated heterocycles. The minimum absolute atomic E-state index is 0.0436. The van der Waals surface area contributed by atoms with Crippen LogP contribution >= 0.6 is 0 Å². The van der Waals surface area contributed by atoms with Crippen LogP contribution in [0.3, 0.4) is 0 Å². The van der Waals surface area contributed by atoms with Crippen molar-refractivity contribution in [1.29, 1.82) is 0 Å². The van der Waals surface area contributed by atoms with Crippen molar-refractivity contribution in [2.45, 2.75) is 40.7 Å². The number of likely N-dealkylation sites (N-methyl/N-ethyl adjacent to an activating group) is 1. The summed E-state index contributed by atoms with van der Waals surface area (Å²) in [5.74, 6) is -0.0599. The van der Waals surface area contributed by atoms with E-state index in [0.717, 1.165) is 17.1 Å². The van der Waals surface area contributed by atoms with E-state index in [1.54, 1.807) is 11.9 Å². The fraction of sp³-hybridized carbons (Fsp3) is 0.421. The summed E-state index contributed by atoms with van der Waals surface area (Å²) in [6, 6.07) is 8.12. The van der Waals surface area contributed by atoms with Gasteiger partial charge in [-0.3, -0.25) is 4.79 Å². The van der Waals surface area contributed by atoms with Crippen molar-refractivity contribution >= 4 is 5.91 Å². The highest BCUT2D eigenvalue weighted by atomic mass is 16.3. The van der Waals surface area contributed by atoms with E-state index < -0.39 is 0 Å². The van der Waals surface area contributed by atoms with E-state index in [2.05, 4.69) is 36.6 Å². The fourth-order valence-corrected chi connectivity index (χ4v) is 2.97. The second-order valence-corrected chi connectivity index (χ2v) is 6.41. The fourth-order valence-electron chi connectivity index (χ4n) is 2.97. The standard InChI is InChI=1S/C19H26N2O2/c1-12-7-13(2)9-17(8-12)21-14(3)10-18(16(21)5)19(23)20(6)15(4)11-22/h7-10,15,22H,11H2,1-6H3. The lowest BCUT2D eigenvalue weighted by atomic mass is 10.1. The molecule has 0 radical (unpaired) electrons. The van der Waals surface area contributed by atoms with E-state index in [9.17, 15) is 9.90 Å². The van der Waals surface area contributed by atoms with E-state index in [4.69, 9.17) is 0 Å². The Bertz CT molecular complexity index is 711. The van der Waals surface area contributed by atoms with Crippen LogP contribution in [0, 0.1) is 27.7 Å². The SMILES string of the molecule is Cc1cc(C)cc(-n2c(C)cc(C(=O)N(C)C(C)CO)c2C)c1. The normalized spacial score (nSPS) is 12.3. The average Bonchev–Trinajstić information content (AvgIpc) is 2.78. The van der Waals surface area contributed by atoms with Crippen molar-refractivity contribution < 1.29 is 9.90 Å². The molecule has 4 heteroatoms. The zero-order valence-corrected chi connectivity index (χ0v) is 14.8. The molecule has 1 aromatic heterocycles. The number of aromatic nitrogens is 1. The van der Waals surface area contributed by atoms with Gasteiger partial charge in [-0.15, -0.1) is 0 Å². The molecule has 1 amide bonds. The van der Waals surface area contributed by atoms with E-state index in [0.29, 0.717) is 5.56 Å². The minimum Gasteiger partial charge on any atom is -0.394 e. The molecule has 1 aromatic carbocycles. The van der Waals surface area contributed by atoms with Crippen molar-refractivity contribution in [3.05, 3.63) is 52.3 Å². The van der Waals surface area contributed by atoms with Gasteiger partial charge in [-0.1, -0.05) is 6.07 Å². The Hall–Kier alpha value is -2.07. The van der Waals surface area contributed by atoms with Crippen LogP contribution in [0.5, 0.6) is 0 Å². The number of carbonyl (C=O) groups is 1. The maximum Gasteiger partial charge on any atom is 0.255 e. The van der Waals surface area contributed by atoms with E-state index in [-0.39, 0.29) is 18.6 Å². The Balaban J connectivity index is 2.50. The van der Waals surface area contributed by atoms with Crippen molar-refractivity contribution in [3.8, 4) is 5.69 Å². The molecule has 23 heavy (non-hydrogen) atoms. The smallest absolute Gasteiger partial charge is 0.255 e. The Labute approximate surface area is 138 Å². The topological polar surface area (TPSA) is 45.5 Å². The number of aliphatic hydroxyl groups is 1. The Morgan fingerprint density at radius 2 is 1.70 bits per heavy atom. The largest absolute Gasteiger partial charge is 0.394 e. The average molecular weight is 314 g/mol. The van der Waals surface area contributed by atoms with Crippen molar-refractivity contribution in [3.63, 3.8) is 0 Å². The first-order chi connectivity index (χ1) is 10.8. The first kappa shape index (κ1) is 17.3. The summed E-state index contributed by atoms with van der Waals surface area (Å²) in [5.41, 5.74) is 6.12. The molecule has 4 nitrogen and oxygen atoms in total. The van der Waals surface area contributed by atoms with Gasteiger partial charge in [0, 0.05) is 24.1 Å². The van der Waals surface area contributed by atoms with Crippen molar-refractivity contribution in [2.24, 2.45) is 0 Å². The third kappa shape index (κ3) is 3.32.